The Morgan fingerprint density at radius 1 is 1.35 bits per heavy atom. The van der Waals surface area contributed by atoms with Gasteiger partial charge in [0, 0.05) is 21.2 Å². The zero-order valence-corrected chi connectivity index (χ0v) is 13.1. The summed E-state index contributed by atoms with van der Waals surface area (Å²) in [7, 11) is 0. The van der Waals surface area contributed by atoms with Crippen LogP contribution in [0.4, 0.5) is 5.82 Å². The van der Waals surface area contributed by atoms with Gasteiger partial charge < -0.3 is 5.32 Å². The van der Waals surface area contributed by atoms with E-state index in [1.807, 2.05) is 45.0 Å². The van der Waals surface area contributed by atoms with Crippen molar-refractivity contribution in [3.8, 4) is 0 Å². The highest BCUT2D eigenvalue weighted by Crippen LogP contribution is 2.25. The lowest BCUT2D eigenvalue weighted by Gasteiger charge is -2.11. The van der Waals surface area contributed by atoms with E-state index in [1.165, 1.54) is 11.8 Å². The number of H-pyrrole nitrogens is 1. The first kappa shape index (κ1) is 14.9. The maximum Gasteiger partial charge on any atom is 0.238 e. The lowest BCUT2D eigenvalue weighted by molar-refractivity contribution is -0.115. The predicted octanol–water partition coefficient (Wildman–Crippen LogP) is 3.80. The predicted molar refractivity (Wildman–Crippen MR) is 83.5 cm³/mol. The van der Waals surface area contributed by atoms with Gasteiger partial charge in [0.25, 0.3) is 0 Å². The number of nitrogens with zero attached hydrogens (tertiary/aromatic N) is 1. The van der Waals surface area contributed by atoms with Gasteiger partial charge in [0.15, 0.2) is 5.82 Å². The van der Waals surface area contributed by atoms with Gasteiger partial charge in [0.1, 0.15) is 0 Å². The van der Waals surface area contributed by atoms with Crippen LogP contribution in [0.1, 0.15) is 18.2 Å². The first-order valence-corrected chi connectivity index (χ1v) is 7.48. The van der Waals surface area contributed by atoms with Crippen molar-refractivity contribution in [2.24, 2.45) is 0 Å². The fraction of sp³-hybridized carbons (Fsp3) is 0.286. The van der Waals surface area contributed by atoms with E-state index in [9.17, 15) is 4.79 Å². The first-order chi connectivity index (χ1) is 9.47. The second-order valence-corrected chi connectivity index (χ2v) is 6.38. The third-order valence-electron chi connectivity index (χ3n) is 2.99. The van der Waals surface area contributed by atoms with Crippen LogP contribution in [-0.4, -0.2) is 21.4 Å². The van der Waals surface area contributed by atoms with Crippen LogP contribution >= 0.6 is 23.4 Å². The molecule has 0 spiro atoms. The third kappa shape index (κ3) is 3.55. The van der Waals surface area contributed by atoms with Crippen molar-refractivity contribution in [3.63, 3.8) is 0 Å². The number of amides is 1. The molecular weight excluding hydrogens is 294 g/mol. The van der Waals surface area contributed by atoms with Crippen LogP contribution in [0.25, 0.3) is 0 Å². The largest absolute Gasteiger partial charge is 0.308 e. The van der Waals surface area contributed by atoms with E-state index in [2.05, 4.69) is 15.5 Å². The third-order valence-corrected chi connectivity index (χ3v) is 4.35. The molecule has 0 aliphatic rings. The molecule has 1 unspecified atom stereocenters. The molecule has 1 heterocycles. The molecule has 1 aromatic heterocycles. The van der Waals surface area contributed by atoms with Gasteiger partial charge in [-0.3, -0.25) is 9.89 Å². The summed E-state index contributed by atoms with van der Waals surface area (Å²) in [4.78, 5) is 13.1. The monoisotopic (exact) mass is 309 g/mol. The van der Waals surface area contributed by atoms with Gasteiger partial charge in [-0.1, -0.05) is 11.6 Å². The summed E-state index contributed by atoms with van der Waals surface area (Å²) >= 11 is 7.32. The fourth-order valence-corrected chi connectivity index (χ4v) is 2.59. The van der Waals surface area contributed by atoms with Crippen molar-refractivity contribution in [3.05, 3.63) is 40.5 Å². The lowest BCUT2D eigenvalue weighted by Crippen LogP contribution is -2.23. The number of aryl methyl sites for hydroxylation is 1. The molecule has 1 atom stereocenters. The first-order valence-electron chi connectivity index (χ1n) is 6.22. The normalized spacial score (nSPS) is 12.2. The molecule has 106 valence electrons. The summed E-state index contributed by atoms with van der Waals surface area (Å²) in [6.07, 6.45) is 0. The van der Waals surface area contributed by atoms with Gasteiger partial charge >= 0.3 is 0 Å². The fourth-order valence-electron chi connectivity index (χ4n) is 1.60. The van der Waals surface area contributed by atoms with Crippen LogP contribution in [0.15, 0.2) is 29.2 Å². The van der Waals surface area contributed by atoms with Crippen LogP contribution in [0, 0.1) is 13.8 Å². The van der Waals surface area contributed by atoms with Gasteiger partial charge in [0.2, 0.25) is 5.91 Å². The highest BCUT2D eigenvalue weighted by Gasteiger charge is 2.17. The van der Waals surface area contributed by atoms with Gasteiger partial charge in [-0.05, 0) is 45.0 Å². The van der Waals surface area contributed by atoms with Crippen molar-refractivity contribution >= 4 is 35.1 Å². The highest BCUT2D eigenvalue weighted by atomic mass is 35.5. The van der Waals surface area contributed by atoms with Crippen molar-refractivity contribution in [2.45, 2.75) is 30.9 Å². The van der Waals surface area contributed by atoms with E-state index in [4.69, 9.17) is 11.6 Å². The van der Waals surface area contributed by atoms with E-state index in [1.54, 1.807) is 0 Å². The zero-order chi connectivity index (χ0) is 14.7. The number of carbonyl (C=O) groups is 1. The summed E-state index contributed by atoms with van der Waals surface area (Å²) in [5.74, 6) is 0.524. The molecule has 0 radical (unpaired) electrons. The molecule has 1 aromatic carbocycles. The number of hydrogen-bond acceptors (Lipinski definition) is 3. The molecule has 2 rings (SSSR count). The Labute approximate surface area is 127 Å². The molecule has 0 bridgehead atoms. The second-order valence-electron chi connectivity index (χ2n) is 4.53. The molecule has 0 fully saturated rings. The second kappa shape index (κ2) is 6.33. The summed E-state index contributed by atoms with van der Waals surface area (Å²) in [6, 6.07) is 7.44. The Kier molecular flexibility index (Phi) is 4.73. The minimum atomic E-state index is -0.215. The van der Waals surface area contributed by atoms with Crippen molar-refractivity contribution in [2.75, 3.05) is 5.32 Å². The minimum absolute atomic E-state index is 0.0699. The molecule has 2 N–H and O–H groups in total. The van der Waals surface area contributed by atoms with E-state index in [0.29, 0.717) is 10.8 Å². The number of nitrogens with one attached hydrogen (secondary N) is 2. The molecule has 6 heteroatoms. The van der Waals surface area contributed by atoms with Crippen molar-refractivity contribution in [1.29, 1.82) is 0 Å². The Morgan fingerprint density at radius 3 is 2.55 bits per heavy atom. The quantitative estimate of drug-likeness (QED) is 0.845. The van der Waals surface area contributed by atoms with Crippen molar-refractivity contribution < 1.29 is 4.79 Å². The molecule has 4 nitrogen and oxygen atoms in total. The van der Waals surface area contributed by atoms with Gasteiger partial charge in [0.05, 0.1) is 5.25 Å². The number of rotatable bonds is 4. The van der Waals surface area contributed by atoms with Crippen molar-refractivity contribution in [1.82, 2.24) is 10.2 Å². The number of hydrogen-bond donors (Lipinski definition) is 2. The molecule has 1 amide bonds. The number of halogens is 1. The topological polar surface area (TPSA) is 57.8 Å². The lowest BCUT2D eigenvalue weighted by atomic mass is 10.3. The van der Waals surface area contributed by atoms with E-state index in [0.717, 1.165) is 16.2 Å². The van der Waals surface area contributed by atoms with Gasteiger partial charge in [-0.15, -0.1) is 11.8 Å². The van der Waals surface area contributed by atoms with E-state index < -0.39 is 0 Å². The summed E-state index contributed by atoms with van der Waals surface area (Å²) in [5.41, 5.74) is 1.92. The average Bonchev–Trinajstić information content (AvgIpc) is 2.73. The number of benzene rings is 1. The summed E-state index contributed by atoms with van der Waals surface area (Å²) in [6.45, 7) is 5.71. The molecule has 2 aromatic rings. The van der Waals surface area contributed by atoms with Crippen LogP contribution in [0.3, 0.4) is 0 Å². The average molecular weight is 310 g/mol. The van der Waals surface area contributed by atoms with E-state index in [-0.39, 0.29) is 11.2 Å². The molecule has 0 saturated carbocycles. The van der Waals surface area contributed by atoms with Gasteiger partial charge in [-0.2, -0.15) is 5.10 Å². The molecule has 0 aliphatic heterocycles. The van der Waals surface area contributed by atoms with Crippen LogP contribution in [0.5, 0.6) is 0 Å². The highest BCUT2D eigenvalue weighted by molar-refractivity contribution is 8.00. The van der Waals surface area contributed by atoms with Crippen LogP contribution < -0.4 is 5.32 Å². The SMILES string of the molecule is Cc1[nH]nc(NC(=O)C(C)Sc2ccc(Cl)cc2)c1C. The standard InChI is InChI=1S/C14H16ClN3OS/c1-8-9(2)17-18-13(8)16-14(19)10(3)20-12-6-4-11(15)5-7-12/h4-7,10H,1-3H3,(H2,16,17,18,19). The maximum absolute atomic E-state index is 12.1. The number of aromatic nitrogens is 2. The molecular formula is C14H16ClN3OS. The summed E-state index contributed by atoms with van der Waals surface area (Å²) in [5, 5.41) is 10.2. The van der Waals surface area contributed by atoms with Crippen LogP contribution in [0.2, 0.25) is 5.02 Å². The number of carbonyl (C=O) groups excluding carboxylic acids is 1. The number of anilines is 1. The molecule has 0 aliphatic carbocycles. The molecule has 0 saturated heterocycles. The Balaban J connectivity index is 1.98. The number of aromatic amines is 1. The Hall–Kier alpha value is -1.46. The summed E-state index contributed by atoms with van der Waals surface area (Å²) < 4.78 is 0. The molecule has 20 heavy (non-hydrogen) atoms. The minimum Gasteiger partial charge on any atom is -0.308 e. The van der Waals surface area contributed by atoms with Crippen LogP contribution in [-0.2, 0) is 4.79 Å². The Morgan fingerprint density at radius 2 is 2.00 bits per heavy atom. The smallest absolute Gasteiger partial charge is 0.238 e. The van der Waals surface area contributed by atoms with Gasteiger partial charge in [-0.25, -0.2) is 0 Å². The Bertz CT molecular complexity index is 609. The maximum atomic E-state index is 12.1. The number of thioether (sulfide) groups is 1. The zero-order valence-electron chi connectivity index (χ0n) is 11.5. The van der Waals surface area contributed by atoms with E-state index >= 15 is 0 Å².